The van der Waals surface area contributed by atoms with E-state index in [9.17, 15) is 0 Å². The Bertz CT molecular complexity index is 657. The zero-order valence-electron chi connectivity index (χ0n) is 13.0. The Hall–Kier alpha value is -1.68. The van der Waals surface area contributed by atoms with Gasteiger partial charge in [-0.05, 0) is 56.0 Å². The molecule has 3 rings (SSSR count). The van der Waals surface area contributed by atoms with Crippen molar-refractivity contribution in [1.29, 1.82) is 0 Å². The van der Waals surface area contributed by atoms with Crippen molar-refractivity contribution in [2.45, 2.75) is 45.6 Å². The number of hydrogen-bond donors (Lipinski definition) is 1. The number of aromatic nitrogens is 2. The number of nitrogens with two attached hydrogens (primary N) is 1. The van der Waals surface area contributed by atoms with Gasteiger partial charge in [0.05, 0.1) is 12.0 Å². The average molecular weight is 285 g/mol. The maximum atomic E-state index is 6.30. The van der Waals surface area contributed by atoms with E-state index in [0.717, 1.165) is 35.1 Å². The maximum absolute atomic E-state index is 6.30. The van der Waals surface area contributed by atoms with Gasteiger partial charge in [-0.2, -0.15) is 0 Å². The molecule has 1 fully saturated rings. The van der Waals surface area contributed by atoms with Crippen LogP contribution in [-0.4, -0.2) is 16.6 Å². The summed E-state index contributed by atoms with van der Waals surface area (Å²) in [6.45, 7) is 6.86. The summed E-state index contributed by atoms with van der Waals surface area (Å²) in [7, 11) is 0. The van der Waals surface area contributed by atoms with Gasteiger partial charge in [0, 0.05) is 23.6 Å². The van der Waals surface area contributed by atoms with Crippen LogP contribution in [0.3, 0.4) is 0 Å². The molecule has 0 unspecified atom stereocenters. The van der Waals surface area contributed by atoms with E-state index in [1.54, 1.807) is 0 Å². The van der Waals surface area contributed by atoms with E-state index >= 15 is 0 Å². The second-order valence-electron chi connectivity index (χ2n) is 6.53. The third kappa shape index (κ3) is 3.00. The van der Waals surface area contributed by atoms with Crippen LogP contribution in [0.4, 0.5) is 0 Å². The number of pyridine rings is 2. The molecule has 2 aromatic rings. The molecular weight excluding hydrogens is 262 g/mol. The molecule has 4 nitrogen and oxygen atoms in total. The van der Waals surface area contributed by atoms with Crippen molar-refractivity contribution in [2.24, 2.45) is 11.7 Å². The van der Waals surface area contributed by atoms with E-state index in [1.165, 1.54) is 12.8 Å². The minimum absolute atomic E-state index is 0.438. The molecule has 4 heteroatoms. The summed E-state index contributed by atoms with van der Waals surface area (Å²) in [6, 6.07) is 2.12. The Labute approximate surface area is 125 Å². The molecule has 1 aliphatic rings. The summed E-state index contributed by atoms with van der Waals surface area (Å²) in [5, 5.41) is 2.07. The molecule has 0 amide bonds. The van der Waals surface area contributed by atoms with Crippen LogP contribution in [0, 0.1) is 5.92 Å². The zero-order chi connectivity index (χ0) is 15.0. The summed E-state index contributed by atoms with van der Waals surface area (Å²) in [5.41, 5.74) is 7.96. The van der Waals surface area contributed by atoms with Crippen molar-refractivity contribution in [2.75, 3.05) is 6.61 Å². The predicted molar refractivity (Wildman–Crippen MR) is 84.3 cm³/mol. The van der Waals surface area contributed by atoms with Gasteiger partial charge in [-0.3, -0.25) is 4.98 Å². The minimum atomic E-state index is -0.438. The molecule has 2 aromatic heterocycles. The van der Waals surface area contributed by atoms with Gasteiger partial charge in [0.2, 0.25) is 5.88 Å². The Morgan fingerprint density at radius 1 is 1.24 bits per heavy atom. The molecule has 2 N–H and O–H groups in total. The smallest absolute Gasteiger partial charge is 0.222 e. The van der Waals surface area contributed by atoms with E-state index in [2.05, 4.69) is 23.0 Å². The normalized spacial score (nSPS) is 15.4. The molecule has 0 aliphatic heterocycles. The lowest BCUT2D eigenvalue weighted by atomic mass is 9.92. The molecule has 1 aliphatic carbocycles. The van der Waals surface area contributed by atoms with Crippen molar-refractivity contribution in [3.63, 3.8) is 0 Å². The Balaban J connectivity index is 2.09. The molecular formula is C17H23N3O. The molecule has 2 heterocycles. The van der Waals surface area contributed by atoms with E-state index in [1.807, 2.05) is 26.2 Å². The van der Waals surface area contributed by atoms with Crippen LogP contribution in [-0.2, 0) is 12.0 Å². The summed E-state index contributed by atoms with van der Waals surface area (Å²) < 4.78 is 5.89. The monoisotopic (exact) mass is 285 g/mol. The van der Waals surface area contributed by atoms with Gasteiger partial charge in [-0.25, -0.2) is 4.98 Å². The fourth-order valence-electron chi connectivity index (χ4n) is 2.46. The predicted octanol–water partition coefficient (Wildman–Crippen LogP) is 3.17. The van der Waals surface area contributed by atoms with E-state index in [4.69, 9.17) is 10.5 Å². The molecule has 0 bridgehead atoms. The van der Waals surface area contributed by atoms with Crippen molar-refractivity contribution < 1.29 is 4.74 Å². The lowest BCUT2D eigenvalue weighted by molar-refractivity contribution is 0.292. The van der Waals surface area contributed by atoms with Gasteiger partial charge < -0.3 is 10.5 Å². The van der Waals surface area contributed by atoms with Gasteiger partial charge in [0.15, 0.2) is 0 Å². The fraction of sp³-hybridized carbons (Fsp3) is 0.529. The van der Waals surface area contributed by atoms with Crippen LogP contribution < -0.4 is 10.5 Å². The second kappa shape index (κ2) is 5.26. The molecule has 0 spiro atoms. The first-order chi connectivity index (χ1) is 9.99. The van der Waals surface area contributed by atoms with E-state index < -0.39 is 5.54 Å². The topological polar surface area (TPSA) is 61.0 Å². The summed E-state index contributed by atoms with van der Waals surface area (Å²) in [5.74, 6) is 1.38. The highest BCUT2D eigenvalue weighted by atomic mass is 16.5. The third-order valence-corrected chi connectivity index (χ3v) is 4.00. The minimum Gasteiger partial charge on any atom is -0.477 e. The van der Waals surface area contributed by atoms with E-state index in [-0.39, 0.29) is 0 Å². The van der Waals surface area contributed by atoms with Crippen molar-refractivity contribution in [3.05, 3.63) is 29.7 Å². The Morgan fingerprint density at radius 2 is 2.00 bits per heavy atom. The molecule has 0 saturated heterocycles. The number of hydrogen-bond acceptors (Lipinski definition) is 4. The van der Waals surface area contributed by atoms with Crippen LogP contribution in [0.5, 0.6) is 5.88 Å². The van der Waals surface area contributed by atoms with Crippen LogP contribution >= 0.6 is 0 Å². The first-order valence-electron chi connectivity index (χ1n) is 7.69. The molecule has 112 valence electrons. The maximum Gasteiger partial charge on any atom is 0.222 e. The van der Waals surface area contributed by atoms with Gasteiger partial charge in [0.25, 0.3) is 0 Å². The highest BCUT2D eigenvalue weighted by molar-refractivity contribution is 5.89. The number of ether oxygens (including phenoxy) is 1. The zero-order valence-corrected chi connectivity index (χ0v) is 13.0. The van der Waals surface area contributed by atoms with E-state index in [0.29, 0.717) is 11.8 Å². The fourth-order valence-corrected chi connectivity index (χ4v) is 2.46. The highest BCUT2D eigenvalue weighted by Crippen LogP contribution is 2.33. The van der Waals surface area contributed by atoms with Gasteiger partial charge >= 0.3 is 0 Å². The molecule has 0 aromatic carbocycles. The first kappa shape index (κ1) is 14.3. The van der Waals surface area contributed by atoms with Crippen LogP contribution in [0.2, 0.25) is 0 Å². The summed E-state index contributed by atoms with van der Waals surface area (Å²) >= 11 is 0. The van der Waals surface area contributed by atoms with Crippen molar-refractivity contribution in [1.82, 2.24) is 9.97 Å². The van der Waals surface area contributed by atoms with Crippen LogP contribution in [0.15, 0.2) is 18.5 Å². The van der Waals surface area contributed by atoms with Gasteiger partial charge in [0.1, 0.15) is 0 Å². The molecule has 0 radical (unpaired) electrons. The largest absolute Gasteiger partial charge is 0.477 e. The number of nitrogens with zero attached hydrogens (tertiary/aromatic N) is 2. The van der Waals surface area contributed by atoms with Crippen LogP contribution in [0.25, 0.3) is 10.8 Å². The third-order valence-electron chi connectivity index (χ3n) is 4.00. The summed E-state index contributed by atoms with van der Waals surface area (Å²) in [6.07, 6.45) is 7.16. The first-order valence-corrected chi connectivity index (χ1v) is 7.69. The standard InChI is InChI=1S/C17H23N3O/c1-4-12-7-13-14(8-19-12)16(21-10-11-5-6-11)20-9-15(13)17(2,3)18/h7-9,11H,4-6,10,18H2,1-3H3. The van der Waals surface area contributed by atoms with Gasteiger partial charge in [-0.15, -0.1) is 0 Å². The van der Waals surface area contributed by atoms with Crippen molar-refractivity contribution >= 4 is 10.8 Å². The quantitative estimate of drug-likeness (QED) is 0.916. The average Bonchev–Trinajstić information content (AvgIpc) is 3.26. The Kier molecular flexibility index (Phi) is 3.57. The number of fused-ring (bicyclic) bond motifs is 1. The number of aryl methyl sites for hydroxylation is 1. The van der Waals surface area contributed by atoms with Gasteiger partial charge in [-0.1, -0.05) is 6.92 Å². The second-order valence-corrected chi connectivity index (χ2v) is 6.53. The molecule has 1 saturated carbocycles. The molecule has 21 heavy (non-hydrogen) atoms. The SMILES string of the molecule is CCc1cc2c(C(C)(C)N)cnc(OCC3CC3)c2cn1. The lowest BCUT2D eigenvalue weighted by Crippen LogP contribution is -2.29. The highest BCUT2D eigenvalue weighted by Gasteiger charge is 2.24. The lowest BCUT2D eigenvalue weighted by Gasteiger charge is -2.22. The van der Waals surface area contributed by atoms with Crippen LogP contribution in [0.1, 0.15) is 44.9 Å². The van der Waals surface area contributed by atoms with Crippen molar-refractivity contribution in [3.8, 4) is 5.88 Å². The summed E-state index contributed by atoms with van der Waals surface area (Å²) in [4.78, 5) is 8.98. The molecule has 0 atom stereocenters. The Morgan fingerprint density at radius 3 is 2.62 bits per heavy atom. The number of rotatable bonds is 5.